The largest absolute Gasteiger partial charge is 0.353 e. The molecule has 26 heavy (non-hydrogen) atoms. The van der Waals surface area contributed by atoms with E-state index in [4.69, 9.17) is 9.26 Å². The molecule has 0 aliphatic carbocycles. The minimum atomic E-state index is -0.643. The smallest absolute Gasteiger partial charge is 0.258 e. The van der Waals surface area contributed by atoms with E-state index in [0.29, 0.717) is 60.6 Å². The maximum absolute atomic E-state index is 13.4. The molecule has 0 aromatic carbocycles. The molecule has 0 unspecified atom stereocenters. The van der Waals surface area contributed by atoms with E-state index in [2.05, 4.69) is 10.1 Å². The van der Waals surface area contributed by atoms with Gasteiger partial charge in [0.05, 0.1) is 35.7 Å². The number of aromatic nitrogens is 2. The minimum Gasteiger partial charge on any atom is -0.353 e. The van der Waals surface area contributed by atoms with Crippen molar-refractivity contribution in [2.75, 3.05) is 19.7 Å². The molecule has 1 spiro atoms. The van der Waals surface area contributed by atoms with E-state index in [1.807, 2.05) is 11.8 Å². The first-order valence-electron chi connectivity index (χ1n) is 9.00. The van der Waals surface area contributed by atoms with Crippen LogP contribution in [0, 0.1) is 13.8 Å². The van der Waals surface area contributed by atoms with Gasteiger partial charge in [-0.25, -0.2) is 4.98 Å². The van der Waals surface area contributed by atoms with Gasteiger partial charge in [0.25, 0.3) is 11.6 Å². The summed E-state index contributed by atoms with van der Waals surface area (Å²) < 4.78 is 11.3. The molecule has 2 atom stereocenters. The standard InChI is InChI=1S/C18H20N4O4/c1-10-8-12(15-11(2)20-26-16(15)19-10)17(24)21-6-4-18-13(21)9-14(23)22(18)5-3-7-25-18/h8,13H,3-7,9H2,1-2H3/t13-,18+/m1/s1. The van der Waals surface area contributed by atoms with Crippen molar-refractivity contribution in [3.8, 4) is 0 Å². The van der Waals surface area contributed by atoms with Gasteiger partial charge in [0.15, 0.2) is 5.72 Å². The Hall–Kier alpha value is -2.48. The van der Waals surface area contributed by atoms with E-state index in [9.17, 15) is 9.59 Å². The van der Waals surface area contributed by atoms with E-state index in [-0.39, 0.29) is 17.9 Å². The van der Waals surface area contributed by atoms with E-state index in [1.165, 1.54) is 0 Å². The number of fused-ring (bicyclic) bond motifs is 1. The minimum absolute atomic E-state index is 0.0735. The van der Waals surface area contributed by atoms with E-state index in [0.717, 1.165) is 6.42 Å². The van der Waals surface area contributed by atoms with Gasteiger partial charge in [0.2, 0.25) is 5.91 Å². The molecule has 136 valence electrons. The summed E-state index contributed by atoms with van der Waals surface area (Å²) >= 11 is 0. The highest BCUT2D eigenvalue weighted by Crippen LogP contribution is 2.45. The SMILES string of the molecule is Cc1cc(C(=O)N2CC[C@@]34OCCCN3C(=O)C[C@@H]24)c2c(C)noc2n1. The maximum atomic E-state index is 13.4. The van der Waals surface area contributed by atoms with Gasteiger partial charge in [-0.05, 0) is 26.3 Å². The first-order valence-corrected chi connectivity index (χ1v) is 9.00. The predicted octanol–water partition coefficient (Wildman–Crippen LogP) is 1.40. The van der Waals surface area contributed by atoms with Crippen LogP contribution in [-0.4, -0.2) is 63.2 Å². The lowest BCUT2D eigenvalue weighted by Gasteiger charge is -2.42. The lowest BCUT2D eigenvalue weighted by atomic mass is 10.0. The van der Waals surface area contributed by atoms with Crippen LogP contribution in [-0.2, 0) is 9.53 Å². The fourth-order valence-electron chi connectivity index (χ4n) is 4.73. The van der Waals surface area contributed by atoms with Crippen LogP contribution in [0.3, 0.4) is 0 Å². The molecule has 3 aliphatic rings. The van der Waals surface area contributed by atoms with Crippen molar-refractivity contribution >= 4 is 22.9 Å². The van der Waals surface area contributed by atoms with Crippen LogP contribution in [0.15, 0.2) is 10.6 Å². The van der Waals surface area contributed by atoms with Crippen LogP contribution in [0.2, 0.25) is 0 Å². The number of likely N-dealkylation sites (tertiary alicyclic amines) is 1. The number of carbonyl (C=O) groups is 2. The highest BCUT2D eigenvalue weighted by atomic mass is 16.5. The second-order valence-electron chi connectivity index (χ2n) is 7.32. The van der Waals surface area contributed by atoms with Crippen molar-refractivity contribution in [3.63, 3.8) is 0 Å². The molecule has 0 radical (unpaired) electrons. The lowest BCUT2D eigenvalue weighted by Crippen LogP contribution is -2.56. The van der Waals surface area contributed by atoms with Crippen LogP contribution >= 0.6 is 0 Å². The van der Waals surface area contributed by atoms with Crippen LogP contribution < -0.4 is 0 Å². The molecule has 3 fully saturated rings. The zero-order chi connectivity index (χ0) is 18.1. The maximum Gasteiger partial charge on any atom is 0.258 e. The summed E-state index contributed by atoms with van der Waals surface area (Å²) in [5.74, 6) is -0.0399. The molecule has 0 bridgehead atoms. The molecule has 3 saturated heterocycles. The molecule has 2 aromatic rings. The molecule has 8 nitrogen and oxygen atoms in total. The molecule has 2 amide bonds. The van der Waals surface area contributed by atoms with Crippen molar-refractivity contribution in [1.82, 2.24) is 19.9 Å². The first-order chi connectivity index (χ1) is 12.5. The average molecular weight is 356 g/mol. The van der Waals surface area contributed by atoms with Gasteiger partial charge in [-0.1, -0.05) is 5.16 Å². The van der Waals surface area contributed by atoms with Crippen LogP contribution in [0.1, 0.15) is 41.0 Å². The van der Waals surface area contributed by atoms with Crippen molar-refractivity contribution in [1.29, 1.82) is 0 Å². The number of aryl methyl sites for hydroxylation is 2. The third-order valence-electron chi connectivity index (χ3n) is 5.85. The summed E-state index contributed by atoms with van der Waals surface area (Å²) in [7, 11) is 0. The number of ether oxygens (including phenoxy) is 1. The molecular formula is C18H20N4O4. The Labute approximate surface area is 150 Å². The summed E-state index contributed by atoms with van der Waals surface area (Å²) in [6, 6.07) is 1.53. The van der Waals surface area contributed by atoms with Gasteiger partial charge in [-0.15, -0.1) is 0 Å². The van der Waals surface area contributed by atoms with Gasteiger partial charge >= 0.3 is 0 Å². The van der Waals surface area contributed by atoms with Gasteiger partial charge in [-0.2, -0.15) is 0 Å². The van der Waals surface area contributed by atoms with Crippen molar-refractivity contribution in [2.24, 2.45) is 0 Å². The van der Waals surface area contributed by atoms with E-state index >= 15 is 0 Å². The summed E-state index contributed by atoms with van der Waals surface area (Å²) in [4.78, 5) is 33.9. The monoisotopic (exact) mass is 356 g/mol. The third kappa shape index (κ3) is 1.93. The van der Waals surface area contributed by atoms with Crippen molar-refractivity contribution in [3.05, 3.63) is 23.0 Å². The molecule has 0 N–H and O–H groups in total. The van der Waals surface area contributed by atoms with Crippen molar-refractivity contribution in [2.45, 2.75) is 44.9 Å². The number of rotatable bonds is 1. The molecule has 8 heteroatoms. The third-order valence-corrected chi connectivity index (χ3v) is 5.85. The van der Waals surface area contributed by atoms with Gasteiger partial charge in [0, 0.05) is 25.2 Å². The van der Waals surface area contributed by atoms with Crippen molar-refractivity contribution < 1.29 is 18.8 Å². The fourth-order valence-corrected chi connectivity index (χ4v) is 4.73. The Morgan fingerprint density at radius 1 is 1.35 bits per heavy atom. The summed E-state index contributed by atoms with van der Waals surface area (Å²) in [5.41, 5.74) is 1.60. The first kappa shape index (κ1) is 15.7. The summed E-state index contributed by atoms with van der Waals surface area (Å²) in [6.07, 6.45) is 1.82. The lowest BCUT2D eigenvalue weighted by molar-refractivity contribution is -0.179. The molecule has 2 aromatic heterocycles. The molecule has 5 rings (SSSR count). The molecule has 5 heterocycles. The van der Waals surface area contributed by atoms with Crippen LogP contribution in [0.5, 0.6) is 0 Å². The van der Waals surface area contributed by atoms with Crippen LogP contribution in [0.25, 0.3) is 11.1 Å². The number of pyridine rings is 1. The van der Waals surface area contributed by atoms with Crippen LogP contribution in [0.4, 0.5) is 0 Å². The Morgan fingerprint density at radius 2 is 2.19 bits per heavy atom. The quantitative estimate of drug-likeness (QED) is 0.767. The Morgan fingerprint density at radius 3 is 3.04 bits per heavy atom. The number of hydrogen-bond donors (Lipinski definition) is 0. The number of carbonyl (C=O) groups excluding carboxylic acids is 2. The topological polar surface area (TPSA) is 88.8 Å². The molecule has 0 saturated carbocycles. The molecular weight excluding hydrogens is 336 g/mol. The van der Waals surface area contributed by atoms with E-state index < -0.39 is 5.72 Å². The summed E-state index contributed by atoms with van der Waals surface area (Å²) in [5, 5.41) is 4.60. The zero-order valence-corrected chi connectivity index (χ0v) is 14.8. The highest BCUT2D eigenvalue weighted by molar-refractivity contribution is 6.06. The Balaban J connectivity index is 1.57. The zero-order valence-electron chi connectivity index (χ0n) is 14.8. The fraction of sp³-hybridized carbons (Fsp3) is 0.556. The second kappa shape index (κ2) is 5.26. The number of hydrogen-bond acceptors (Lipinski definition) is 6. The average Bonchev–Trinajstić information content (AvgIpc) is 3.24. The number of nitrogens with zero attached hydrogens (tertiary/aromatic N) is 4. The number of amides is 2. The molecule has 3 aliphatic heterocycles. The van der Waals surface area contributed by atoms with Gasteiger partial charge in [-0.3, -0.25) is 9.59 Å². The highest BCUT2D eigenvalue weighted by Gasteiger charge is 2.61. The summed E-state index contributed by atoms with van der Waals surface area (Å²) in [6.45, 7) is 5.54. The van der Waals surface area contributed by atoms with Gasteiger partial charge < -0.3 is 19.1 Å². The normalized spacial score (nSPS) is 27.9. The van der Waals surface area contributed by atoms with Gasteiger partial charge in [0.1, 0.15) is 0 Å². The predicted molar refractivity (Wildman–Crippen MR) is 90.3 cm³/mol. The Kier molecular flexibility index (Phi) is 3.19. The Bertz CT molecular complexity index is 939. The second-order valence-corrected chi connectivity index (χ2v) is 7.32. The van der Waals surface area contributed by atoms with E-state index in [1.54, 1.807) is 17.9 Å².